The van der Waals surface area contributed by atoms with Gasteiger partial charge in [-0.15, -0.1) is 11.3 Å². The van der Waals surface area contributed by atoms with Gasteiger partial charge in [-0.25, -0.2) is 9.78 Å². The molecule has 2 aromatic rings. The van der Waals surface area contributed by atoms with E-state index >= 15 is 0 Å². The van der Waals surface area contributed by atoms with Crippen LogP contribution in [0.4, 0.5) is 0 Å². The first kappa shape index (κ1) is 18.1. The highest BCUT2D eigenvalue weighted by Crippen LogP contribution is 2.16. The number of nitrogens with one attached hydrogen (secondary N) is 1. The van der Waals surface area contributed by atoms with Gasteiger partial charge in [-0.05, 0) is 19.4 Å². The Balaban J connectivity index is 2.07. The summed E-state index contributed by atoms with van der Waals surface area (Å²) in [5.41, 5.74) is 1.01. The van der Waals surface area contributed by atoms with E-state index in [1.807, 2.05) is 31.2 Å². The number of benzene rings is 1. The van der Waals surface area contributed by atoms with Crippen molar-refractivity contribution in [1.82, 2.24) is 10.3 Å². The first-order chi connectivity index (χ1) is 11.3. The molecule has 128 valence electrons. The van der Waals surface area contributed by atoms with Crippen molar-refractivity contribution in [3.63, 3.8) is 0 Å². The molecule has 2 rings (SSSR count). The third-order valence-electron chi connectivity index (χ3n) is 3.55. The van der Waals surface area contributed by atoms with E-state index in [0.29, 0.717) is 6.42 Å². The maximum Gasteiger partial charge on any atom is 0.331 e. The van der Waals surface area contributed by atoms with Crippen molar-refractivity contribution in [2.75, 3.05) is 13.7 Å². The monoisotopic (exact) mass is 348 g/mol. The lowest BCUT2D eigenvalue weighted by molar-refractivity contribution is -0.145. The SMILES string of the molecule is COCC(C)(NC(=O)c1csc(Cc2ccc(C)cc2)n1)C(=O)O. The molecule has 0 aliphatic rings. The highest BCUT2D eigenvalue weighted by Gasteiger charge is 2.35. The first-order valence-electron chi connectivity index (χ1n) is 7.39. The van der Waals surface area contributed by atoms with E-state index in [0.717, 1.165) is 10.6 Å². The number of rotatable bonds is 7. The number of carboxylic acid groups (broad SMARTS) is 1. The molecular weight excluding hydrogens is 328 g/mol. The van der Waals surface area contributed by atoms with Gasteiger partial charge in [-0.3, -0.25) is 4.79 Å². The topological polar surface area (TPSA) is 88.5 Å². The van der Waals surface area contributed by atoms with E-state index in [4.69, 9.17) is 4.74 Å². The molecule has 1 amide bonds. The number of carbonyl (C=O) groups is 2. The highest BCUT2D eigenvalue weighted by atomic mass is 32.1. The number of aryl methyl sites for hydroxylation is 1. The lowest BCUT2D eigenvalue weighted by Gasteiger charge is -2.24. The summed E-state index contributed by atoms with van der Waals surface area (Å²) >= 11 is 1.37. The minimum Gasteiger partial charge on any atom is -0.479 e. The molecular formula is C17H20N2O4S. The Bertz CT molecular complexity index is 726. The summed E-state index contributed by atoms with van der Waals surface area (Å²) < 4.78 is 4.89. The minimum atomic E-state index is -1.49. The number of aliphatic carboxylic acids is 1. The summed E-state index contributed by atoms with van der Waals surface area (Å²) in [6.07, 6.45) is 0.631. The predicted octanol–water partition coefficient (Wildman–Crippen LogP) is 2.26. The van der Waals surface area contributed by atoms with Crippen LogP contribution in [0.1, 0.15) is 33.5 Å². The molecule has 7 heteroatoms. The smallest absolute Gasteiger partial charge is 0.331 e. The van der Waals surface area contributed by atoms with Crippen LogP contribution >= 0.6 is 11.3 Å². The zero-order valence-electron chi connectivity index (χ0n) is 13.8. The molecule has 2 N–H and O–H groups in total. The summed E-state index contributed by atoms with van der Waals surface area (Å²) in [6.45, 7) is 3.29. The van der Waals surface area contributed by atoms with E-state index in [9.17, 15) is 14.7 Å². The second-order valence-corrected chi connectivity index (χ2v) is 6.76. The molecule has 1 atom stereocenters. The van der Waals surface area contributed by atoms with Crippen LogP contribution in [0, 0.1) is 6.92 Å². The molecule has 0 fully saturated rings. The van der Waals surface area contributed by atoms with Crippen LogP contribution in [0.15, 0.2) is 29.6 Å². The maximum absolute atomic E-state index is 12.3. The molecule has 1 heterocycles. The summed E-state index contributed by atoms with van der Waals surface area (Å²) in [5, 5.41) is 14.2. The van der Waals surface area contributed by atoms with E-state index in [2.05, 4.69) is 10.3 Å². The molecule has 1 aromatic heterocycles. The van der Waals surface area contributed by atoms with Crippen LogP contribution in [0.5, 0.6) is 0 Å². The fourth-order valence-corrected chi connectivity index (χ4v) is 2.94. The van der Waals surface area contributed by atoms with E-state index < -0.39 is 17.4 Å². The number of methoxy groups -OCH3 is 1. The summed E-state index contributed by atoms with van der Waals surface area (Å²) in [4.78, 5) is 27.9. The van der Waals surface area contributed by atoms with Crippen molar-refractivity contribution in [2.45, 2.75) is 25.8 Å². The number of carboxylic acids is 1. The fraction of sp³-hybridized carbons (Fsp3) is 0.353. The normalized spacial score (nSPS) is 13.3. The second-order valence-electron chi connectivity index (χ2n) is 5.81. The molecule has 1 unspecified atom stereocenters. The number of ether oxygens (including phenoxy) is 1. The van der Waals surface area contributed by atoms with Crippen LogP contribution in [0.2, 0.25) is 0 Å². The van der Waals surface area contributed by atoms with Gasteiger partial charge < -0.3 is 15.2 Å². The number of hydrogen-bond acceptors (Lipinski definition) is 5. The molecule has 6 nitrogen and oxygen atoms in total. The maximum atomic E-state index is 12.3. The number of carbonyl (C=O) groups excluding carboxylic acids is 1. The van der Waals surface area contributed by atoms with Gasteiger partial charge in [0.25, 0.3) is 5.91 Å². The fourth-order valence-electron chi connectivity index (χ4n) is 2.13. The molecule has 0 saturated heterocycles. The Morgan fingerprint density at radius 2 is 2.00 bits per heavy atom. The second kappa shape index (κ2) is 7.55. The number of hydrogen-bond donors (Lipinski definition) is 2. The summed E-state index contributed by atoms with van der Waals surface area (Å²) in [6, 6.07) is 8.10. The van der Waals surface area contributed by atoms with Crippen molar-refractivity contribution >= 4 is 23.2 Å². The quantitative estimate of drug-likeness (QED) is 0.801. The predicted molar refractivity (Wildman–Crippen MR) is 91.5 cm³/mol. The molecule has 0 saturated carbocycles. The number of thiazole rings is 1. The molecule has 0 aliphatic carbocycles. The van der Waals surface area contributed by atoms with Gasteiger partial charge >= 0.3 is 5.97 Å². The van der Waals surface area contributed by atoms with Gasteiger partial charge in [-0.2, -0.15) is 0 Å². The Morgan fingerprint density at radius 3 is 2.58 bits per heavy atom. The van der Waals surface area contributed by atoms with Gasteiger partial charge in [0.15, 0.2) is 5.54 Å². The number of amides is 1. The minimum absolute atomic E-state index is 0.131. The van der Waals surface area contributed by atoms with Gasteiger partial charge in [0.2, 0.25) is 0 Å². The van der Waals surface area contributed by atoms with Gasteiger partial charge in [0.05, 0.1) is 11.6 Å². The van der Waals surface area contributed by atoms with Crippen LogP contribution in [0.3, 0.4) is 0 Å². The summed E-state index contributed by atoms with van der Waals surface area (Å²) in [7, 11) is 1.38. The standard InChI is InChI=1S/C17H20N2O4S/c1-11-4-6-12(7-5-11)8-14-18-13(9-24-14)15(20)19-17(2,10-23-3)16(21)22/h4-7,9H,8,10H2,1-3H3,(H,19,20)(H,21,22). The molecule has 0 aliphatic heterocycles. The van der Waals surface area contributed by atoms with Crippen molar-refractivity contribution in [3.05, 3.63) is 51.5 Å². The average molecular weight is 348 g/mol. The van der Waals surface area contributed by atoms with Crippen molar-refractivity contribution in [2.24, 2.45) is 0 Å². The van der Waals surface area contributed by atoms with Crippen LogP contribution in [-0.2, 0) is 16.0 Å². The van der Waals surface area contributed by atoms with E-state index in [-0.39, 0.29) is 12.3 Å². The van der Waals surface area contributed by atoms with Crippen molar-refractivity contribution in [1.29, 1.82) is 0 Å². The third-order valence-corrected chi connectivity index (χ3v) is 4.40. The molecule has 0 bridgehead atoms. The zero-order valence-corrected chi connectivity index (χ0v) is 14.6. The Labute approximate surface area is 144 Å². The Kier molecular flexibility index (Phi) is 5.69. The molecule has 0 radical (unpaired) electrons. The van der Waals surface area contributed by atoms with Crippen LogP contribution < -0.4 is 5.32 Å². The number of nitrogens with zero attached hydrogens (tertiary/aromatic N) is 1. The molecule has 24 heavy (non-hydrogen) atoms. The van der Waals surface area contributed by atoms with E-state index in [1.165, 1.54) is 30.9 Å². The Hall–Kier alpha value is -2.25. The van der Waals surface area contributed by atoms with Gasteiger partial charge in [-0.1, -0.05) is 29.8 Å². The summed E-state index contributed by atoms with van der Waals surface area (Å²) in [5.74, 6) is -1.68. The average Bonchev–Trinajstić information content (AvgIpc) is 2.98. The molecule has 1 aromatic carbocycles. The van der Waals surface area contributed by atoms with Crippen molar-refractivity contribution in [3.8, 4) is 0 Å². The van der Waals surface area contributed by atoms with Gasteiger partial charge in [0, 0.05) is 18.9 Å². The van der Waals surface area contributed by atoms with E-state index in [1.54, 1.807) is 5.38 Å². The van der Waals surface area contributed by atoms with Gasteiger partial charge in [0.1, 0.15) is 5.69 Å². The highest BCUT2D eigenvalue weighted by molar-refractivity contribution is 7.09. The Morgan fingerprint density at radius 1 is 1.33 bits per heavy atom. The van der Waals surface area contributed by atoms with Crippen LogP contribution in [-0.4, -0.2) is 41.2 Å². The molecule has 0 spiro atoms. The number of aromatic nitrogens is 1. The van der Waals surface area contributed by atoms with Crippen LogP contribution in [0.25, 0.3) is 0 Å². The lowest BCUT2D eigenvalue weighted by Crippen LogP contribution is -2.55. The lowest BCUT2D eigenvalue weighted by atomic mass is 10.0. The van der Waals surface area contributed by atoms with Crippen molar-refractivity contribution < 1.29 is 19.4 Å². The largest absolute Gasteiger partial charge is 0.479 e. The zero-order chi connectivity index (χ0) is 17.7. The first-order valence-corrected chi connectivity index (χ1v) is 8.27. The third kappa shape index (κ3) is 4.39.